The van der Waals surface area contributed by atoms with Crippen molar-refractivity contribution in [2.24, 2.45) is 0 Å². The molecule has 0 fully saturated rings. The molecule has 0 unspecified atom stereocenters. The SMILES string of the molecule is Cc1noc(CCNCc2cn[nH]c2-c2ccc(C)o2)n1. The summed E-state index contributed by atoms with van der Waals surface area (Å²) in [6, 6.07) is 3.87. The fraction of sp³-hybridized carbons (Fsp3) is 0.357. The van der Waals surface area contributed by atoms with Gasteiger partial charge in [-0.05, 0) is 26.0 Å². The summed E-state index contributed by atoms with van der Waals surface area (Å²) in [6.07, 6.45) is 2.50. The van der Waals surface area contributed by atoms with Gasteiger partial charge in [0.05, 0.1) is 6.20 Å². The van der Waals surface area contributed by atoms with Crippen LogP contribution in [-0.4, -0.2) is 26.9 Å². The highest BCUT2D eigenvalue weighted by Crippen LogP contribution is 2.23. The average molecular weight is 287 g/mol. The first-order valence-electron chi connectivity index (χ1n) is 6.81. The largest absolute Gasteiger partial charge is 0.460 e. The molecule has 3 aromatic rings. The molecule has 3 aromatic heterocycles. The fourth-order valence-corrected chi connectivity index (χ4v) is 2.09. The maximum absolute atomic E-state index is 5.61. The zero-order valence-corrected chi connectivity index (χ0v) is 12.0. The third-order valence-corrected chi connectivity index (χ3v) is 3.11. The topological polar surface area (TPSA) is 92.8 Å². The van der Waals surface area contributed by atoms with Crippen molar-refractivity contribution in [3.63, 3.8) is 0 Å². The molecule has 7 nitrogen and oxygen atoms in total. The fourth-order valence-electron chi connectivity index (χ4n) is 2.09. The van der Waals surface area contributed by atoms with Crippen molar-refractivity contribution in [3.05, 3.63) is 41.4 Å². The summed E-state index contributed by atoms with van der Waals surface area (Å²) in [7, 11) is 0. The zero-order chi connectivity index (χ0) is 14.7. The molecule has 0 bridgehead atoms. The number of aromatic nitrogens is 4. The van der Waals surface area contributed by atoms with E-state index in [0.717, 1.165) is 29.3 Å². The van der Waals surface area contributed by atoms with Crippen LogP contribution in [-0.2, 0) is 13.0 Å². The van der Waals surface area contributed by atoms with Gasteiger partial charge in [-0.15, -0.1) is 0 Å². The summed E-state index contributed by atoms with van der Waals surface area (Å²) in [4.78, 5) is 4.16. The van der Waals surface area contributed by atoms with Crippen molar-refractivity contribution in [2.75, 3.05) is 6.54 Å². The molecule has 0 spiro atoms. The minimum Gasteiger partial charge on any atom is -0.460 e. The van der Waals surface area contributed by atoms with Crippen molar-refractivity contribution in [2.45, 2.75) is 26.8 Å². The van der Waals surface area contributed by atoms with E-state index < -0.39 is 0 Å². The Balaban J connectivity index is 1.55. The Labute approximate surface area is 121 Å². The number of nitrogens with one attached hydrogen (secondary N) is 2. The van der Waals surface area contributed by atoms with E-state index in [2.05, 4.69) is 25.7 Å². The van der Waals surface area contributed by atoms with Crippen molar-refractivity contribution < 1.29 is 8.94 Å². The standard InChI is InChI=1S/C14H17N5O2/c1-9-3-4-12(20-9)14-11(8-16-18-14)7-15-6-5-13-17-10(2)19-21-13/h3-4,8,15H,5-7H2,1-2H3,(H,16,18). The molecule has 0 aliphatic heterocycles. The first-order chi connectivity index (χ1) is 10.2. The Bertz CT molecular complexity index is 712. The summed E-state index contributed by atoms with van der Waals surface area (Å²) in [5, 5.41) is 14.1. The van der Waals surface area contributed by atoms with E-state index in [4.69, 9.17) is 8.94 Å². The van der Waals surface area contributed by atoms with Crippen LogP contribution in [0.25, 0.3) is 11.5 Å². The molecule has 0 amide bonds. The maximum Gasteiger partial charge on any atom is 0.227 e. The second-order valence-corrected chi connectivity index (χ2v) is 4.84. The van der Waals surface area contributed by atoms with E-state index in [9.17, 15) is 0 Å². The number of furan rings is 1. The molecule has 0 saturated heterocycles. The Morgan fingerprint density at radius 2 is 2.19 bits per heavy atom. The predicted octanol–water partition coefficient (Wildman–Crippen LogP) is 2.00. The lowest BCUT2D eigenvalue weighted by Crippen LogP contribution is -2.17. The molecule has 0 aliphatic rings. The third-order valence-electron chi connectivity index (χ3n) is 3.11. The van der Waals surface area contributed by atoms with Crippen LogP contribution in [0.5, 0.6) is 0 Å². The summed E-state index contributed by atoms with van der Waals surface area (Å²) < 4.78 is 10.7. The molecule has 21 heavy (non-hydrogen) atoms. The molecule has 3 heterocycles. The van der Waals surface area contributed by atoms with Gasteiger partial charge in [0, 0.05) is 25.1 Å². The van der Waals surface area contributed by atoms with E-state index in [0.29, 0.717) is 24.7 Å². The van der Waals surface area contributed by atoms with Gasteiger partial charge in [-0.3, -0.25) is 5.10 Å². The predicted molar refractivity (Wildman–Crippen MR) is 75.5 cm³/mol. The van der Waals surface area contributed by atoms with Crippen LogP contribution in [0.2, 0.25) is 0 Å². The lowest BCUT2D eigenvalue weighted by Gasteiger charge is -2.02. The first-order valence-corrected chi connectivity index (χ1v) is 6.81. The smallest absolute Gasteiger partial charge is 0.227 e. The summed E-state index contributed by atoms with van der Waals surface area (Å²) in [5.41, 5.74) is 1.97. The Hall–Kier alpha value is -2.41. The van der Waals surface area contributed by atoms with Crippen LogP contribution in [0, 0.1) is 13.8 Å². The number of aryl methyl sites for hydroxylation is 2. The highest BCUT2D eigenvalue weighted by Gasteiger charge is 2.11. The van der Waals surface area contributed by atoms with Crippen LogP contribution in [0.4, 0.5) is 0 Å². The molecule has 0 radical (unpaired) electrons. The minimum atomic E-state index is 0.647. The molecule has 0 saturated carbocycles. The Morgan fingerprint density at radius 3 is 2.90 bits per heavy atom. The number of aromatic amines is 1. The highest BCUT2D eigenvalue weighted by atomic mass is 16.5. The van der Waals surface area contributed by atoms with E-state index in [1.54, 1.807) is 6.20 Å². The Kier molecular flexibility index (Phi) is 3.83. The van der Waals surface area contributed by atoms with Gasteiger partial charge in [0.1, 0.15) is 11.5 Å². The van der Waals surface area contributed by atoms with Crippen LogP contribution in [0.15, 0.2) is 27.3 Å². The number of rotatable bonds is 6. The third kappa shape index (κ3) is 3.19. The van der Waals surface area contributed by atoms with E-state index in [1.165, 1.54) is 0 Å². The van der Waals surface area contributed by atoms with E-state index in [-0.39, 0.29) is 0 Å². The minimum absolute atomic E-state index is 0.647. The van der Waals surface area contributed by atoms with Crippen LogP contribution >= 0.6 is 0 Å². The average Bonchev–Trinajstić information content (AvgIpc) is 3.16. The van der Waals surface area contributed by atoms with Gasteiger partial charge in [0.25, 0.3) is 0 Å². The van der Waals surface area contributed by atoms with Crippen molar-refractivity contribution in [1.29, 1.82) is 0 Å². The molecular formula is C14H17N5O2. The molecule has 3 rings (SSSR count). The summed E-state index contributed by atoms with van der Waals surface area (Å²) >= 11 is 0. The van der Waals surface area contributed by atoms with Gasteiger partial charge < -0.3 is 14.3 Å². The molecule has 2 N–H and O–H groups in total. The van der Waals surface area contributed by atoms with Gasteiger partial charge in [-0.2, -0.15) is 10.1 Å². The lowest BCUT2D eigenvalue weighted by molar-refractivity contribution is 0.372. The quantitative estimate of drug-likeness (QED) is 0.674. The van der Waals surface area contributed by atoms with Crippen molar-refractivity contribution in [1.82, 2.24) is 25.7 Å². The maximum atomic E-state index is 5.61. The number of hydrogen-bond donors (Lipinski definition) is 2. The van der Waals surface area contributed by atoms with Gasteiger partial charge in [-0.25, -0.2) is 0 Å². The molecular weight excluding hydrogens is 270 g/mol. The molecule has 7 heteroatoms. The Morgan fingerprint density at radius 1 is 1.29 bits per heavy atom. The summed E-state index contributed by atoms with van der Waals surface area (Å²) in [6.45, 7) is 5.18. The summed E-state index contributed by atoms with van der Waals surface area (Å²) in [5.74, 6) is 2.99. The first kappa shape index (κ1) is 13.6. The molecule has 0 aliphatic carbocycles. The number of H-pyrrole nitrogens is 1. The van der Waals surface area contributed by atoms with Crippen molar-refractivity contribution >= 4 is 0 Å². The van der Waals surface area contributed by atoms with Crippen LogP contribution < -0.4 is 5.32 Å². The van der Waals surface area contributed by atoms with Crippen LogP contribution in [0.1, 0.15) is 23.0 Å². The van der Waals surface area contributed by atoms with Gasteiger partial charge in [0.15, 0.2) is 11.6 Å². The second-order valence-electron chi connectivity index (χ2n) is 4.84. The zero-order valence-electron chi connectivity index (χ0n) is 12.0. The van der Waals surface area contributed by atoms with Gasteiger partial charge in [-0.1, -0.05) is 5.16 Å². The monoisotopic (exact) mass is 287 g/mol. The normalized spacial score (nSPS) is 11.1. The number of hydrogen-bond acceptors (Lipinski definition) is 6. The molecule has 110 valence electrons. The molecule has 0 aromatic carbocycles. The van der Waals surface area contributed by atoms with E-state index >= 15 is 0 Å². The molecule has 0 atom stereocenters. The highest BCUT2D eigenvalue weighted by molar-refractivity contribution is 5.56. The number of nitrogens with zero attached hydrogens (tertiary/aromatic N) is 3. The van der Waals surface area contributed by atoms with Gasteiger partial charge >= 0.3 is 0 Å². The van der Waals surface area contributed by atoms with E-state index in [1.807, 2.05) is 26.0 Å². The lowest BCUT2D eigenvalue weighted by atomic mass is 10.2. The second kappa shape index (κ2) is 5.92. The van der Waals surface area contributed by atoms with Crippen LogP contribution in [0.3, 0.4) is 0 Å². The van der Waals surface area contributed by atoms with Gasteiger partial charge in [0.2, 0.25) is 5.89 Å². The van der Waals surface area contributed by atoms with Crippen molar-refractivity contribution in [3.8, 4) is 11.5 Å².